The average Bonchev–Trinajstić information content (AvgIpc) is 2.47. The Kier molecular flexibility index (Phi) is 3.84. The molecular weight excluding hydrogens is 331 g/mol. The number of rotatable bonds is 3. The number of carbonyl (C=O) groups excluding carboxylic acids is 1. The van der Waals surface area contributed by atoms with E-state index in [9.17, 15) is 9.18 Å². The van der Waals surface area contributed by atoms with E-state index < -0.39 is 5.82 Å². The smallest absolute Gasteiger partial charge is 0.170 e. The lowest BCUT2D eigenvalue weighted by atomic mass is 10.00. The maximum Gasteiger partial charge on any atom is 0.170 e. The first-order valence-corrected chi connectivity index (χ1v) is 7.39. The number of ketones is 1. The Labute approximate surface area is 130 Å². The second kappa shape index (κ2) is 5.78. The molecule has 0 aliphatic heterocycles. The summed E-state index contributed by atoms with van der Waals surface area (Å²) >= 11 is 3.19. The van der Waals surface area contributed by atoms with Crippen LogP contribution < -0.4 is 0 Å². The van der Waals surface area contributed by atoms with Gasteiger partial charge in [-0.3, -0.25) is 4.79 Å². The van der Waals surface area contributed by atoms with Crippen LogP contribution in [0.5, 0.6) is 0 Å². The second-order valence-electron chi connectivity index (χ2n) is 4.91. The molecule has 21 heavy (non-hydrogen) atoms. The predicted molar refractivity (Wildman–Crippen MR) is 86.1 cm³/mol. The maximum absolute atomic E-state index is 13.8. The molecule has 0 radical (unpaired) electrons. The van der Waals surface area contributed by atoms with Crippen LogP contribution in [-0.4, -0.2) is 5.78 Å². The molecule has 0 fully saturated rings. The zero-order chi connectivity index (χ0) is 14.8. The van der Waals surface area contributed by atoms with Gasteiger partial charge in [0.2, 0.25) is 0 Å². The van der Waals surface area contributed by atoms with Crippen LogP contribution in [0.25, 0.3) is 10.8 Å². The Balaban J connectivity index is 1.89. The SMILES string of the molecule is O=C(Cc1ccc2ccccc2c1)c1ccc(Br)cc1F. The van der Waals surface area contributed by atoms with Gasteiger partial charge in [0.05, 0.1) is 5.56 Å². The first kappa shape index (κ1) is 14.0. The molecule has 0 atom stereocenters. The number of carbonyl (C=O) groups is 1. The lowest BCUT2D eigenvalue weighted by Gasteiger charge is -2.05. The summed E-state index contributed by atoms with van der Waals surface area (Å²) in [5.74, 6) is -0.703. The van der Waals surface area contributed by atoms with Crippen molar-refractivity contribution in [2.75, 3.05) is 0 Å². The van der Waals surface area contributed by atoms with Gasteiger partial charge < -0.3 is 0 Å². The van der Waals surface area contributed by atoms with Crippen LogP contribution in [0.15, 0.2) is 65.1 Å². The summed E-state index contributed by atoms with van der Waals surface area (Å²) < 4.78 is 14.4. The minimum Gasteiger partial charge on any atom is -0.294 e. The van der Waals surface area contributed by atoms with Gasteiger partial charge in [0.15, 0.2) is 5.78 Å². The molecule has 0 bridgehead atoms. The summed E-state index contributed by atoms with van der Waals surface area (Å²) in [7, 11) is 0. The summed E-state index contributed by atoms with van der Waals surface area (Å²) in [6.45, 7) is 0. The Morgan fingerprint density at radius 1 is 0.952 bits per heavy atom. The minimum absolute atomic E-state index is 0.131. The third kappa shape index (κ3) is 3.03. The van der Waals surface area contributed by atoms with Crippen LogP contribution in [0.1, 0.15) is 15.9 Å². The van der Waals surface area contributed by atoms with Crippen LogP contribution in [0.3, 0.4) is 0 Å². The standard InChI is InChI=1S/C18H12BrFO/c19-15-7-8-16(17(20)11-15)18(21)10-12-5-6-13-3-1-2-4-14(13)9-12/h1-9,11H,10H2. The van der Waals surface area contributed by atoms with E-state index in [1.165, 1.54) is 12.1 Å². The number of halogens is 2. The van der Waals surface area contributed by atoms with E-state index in [0.29, 0.717) is 4.47 Å². The van der Waals surface area contributed by atoms with Gasteiger partial charge in [0.25, 0.3) is 0 Å². The molecule has 0 aliphatic rings. The maximum atomic E-state index is 13.8. The number of hydrogen-bond acceptors (Lipinski definition) is 1. The number of fused-ring (bicyclic) bond motifs is 1. The molecule has 0 aromatic heterocycles. The third-order valence-corrected chi connectivity index (χ3v) is 3.90. The first-order chi connectivity index (χ1) is 10.1. The van der Waals surface area contributed by atoms with Crippen LogP contribution in [0, 0.1) is 5.82 Å². The molecule has 0 spiro atoms. The summed E-state index contributed by atoms with van der Waals surface area (Å²) in [5.41, 5.74) is 1.02. The van der Waals surface area contributed by atoms with E-state index in [1.807, 2.05) is 42.5 Å². The van der Waals surface area contributed by atoms with Gasteiger partial charge in [0, 0.05) is 10.9 Å². The van der Waals surface area contributed by atoms with Crippen molar-refractivity contribution >= 4 is 32.5 Å². The van der Waals surface area contributed by atoms with Crippen molar-refractivity contribution in [3.8, 4) is 0 Å². The molecule has 104 valence electrons. The molecule has 0 heterocycles. The van der Waals surface area contributed by atoms with Gasteiger partial charge in [-0.15, -0.1) is 0 Å². The summed E-state index contributed by atoms with van der Waals surface area (Å²) in [6, 6.07) is 18.3. The van der Waals surface area contributed by atoms with E-state index in [2.05, 4.69) is 15.9 Å². The molecule has 3 heteroatoms. The highest BCUT2D eigenvalue weighted by atomic mass is 79.9. The van der Waals surface area contributed by atoms with Gasteiger partial charge in [-0.1, -0.05) is 58.4 Å². The predicted octanol–water partition coefficient (Wildman–Crippen LogP) is 5.17. The lowest BCUT2D eigenvalue weighted by molar-refractivity contribution is 0.0989. The quantitative estimate of drug-likeness (QED) is 0.600. The van der Waals surface area contributed by atoms with Crippen LogP contribution in [0.4, 0.5) is 4.39 Å². The van der Waals surface area contributed by atoms with Crippen molar-refractivity contribution in [3.63, 3.8) is 0 Å². The lowest BCUT2D eigenvalue weighted by Crippen LogP contribution is -2.06. The normalized spacial score (nSPS) is 10.8. The fraction of sp³-hybridized carbons (Fsp3) is 0.0556. The first-order valence-electron chi connectivity index (χ1n) is 6.59. The molecule has 0 amide bonds. The van der Waals surface area contributed by atoms with E-state index in [-0.39, 0.29) is 17.8 Å². The average molecular weight is 343 g/mol. The van der Waals surface area contributed by atoms with Gasteiger partial charge in [-0.05, 0) is 34.5 Å². The van der Waals surface area contributed by atoms with Gasteiger partial charge >= 0.3 is 0 Å². The molecule has 0 unspecified atom stereocenters. The Hall–Kier alpha value is -2.00. The van der Waals surface area contributed by atoms with E-state index in [4.69, 9.17) is 0 Å². The number of hydrogen-bond donors (Lipinski definition) is 0. The third-order valence-electron chi connectivity index (χ3n) is 3.41. The molecular formula is C18H12BrFO. The summed E-state index contributed by atoms with van der Waals surface area (Å²) in [6.07, 6.45) is 0.198. The minimum atomic E-state index is -0.491. The zero-order valence-electron chi connectivity index (χ0n) is 11.1. The molecule has 3 aromatic carbocycles. The molecule has 0 saturated heterocycles. The van der Waals surface area contributed by atoms with Crippen molar-refractivity contribution < 1.29 is 9.18 Å². The Morgan fingerprint density at radius 3 is 2.48 bits per heavy atom. The molecule has 1 nitrogen and oxygen atoms in total. The van der Waals surface area contributed by atoms with E-state index in [0.717, 1.165) is 16.3 Å². The highest BCUT2D eigenvalue weighted by Crippen LogP contribution is 2.19. The molecule has 3 rings (SSSR count). The molecule has 0 saturated carbocycles. The Morgan fingerprint density at radius 2 is 1.71 bits per heavy atom. The highest BCUT2D eigenvalue weighted by Gasteiger charge is 2.12. The topological polar surface area (TPSA) is 17.1 Å². The summed E-state index contributed by atoms with van der Waals surface area (Å²) in [5, 5.41) is 2.21. The fourth-order valence-corrected chi connectivity index (χ4v) is 2.68. The second-order valence-corrected chi connectivity index (χ2v) is 5.82. The van der Waals surface area contributed by atoms with Gasteiger partial charge in [0.1, 0.15) is 5.82 Å². The summed E-state index contributed by atoms with van der Waals surface area (Å²) in [4.78, 5) is 12.2. The molecule has 3 aromatic rings. The van der Waals surface area contributed by atoms with Crippen molar-refractivity contribution in [2.45, 2.75) is 6.42 Å². The van der Waals surface area contributed by atoms with Crippen LogP contribution >= 0.6 is 15.9 Å². The Bertz CT molecular complexity index is 826. The number of benzene rings is 3. The zero-order valence-corrected chi connectivity index (χ0v) is 12.7. The monoisotopic (exact) mass is 342 g/mol. The van der Waals surface area contributed by atoms with E-state index in [1.54, 1.807) is 6.07 Å². The largest absolute Gasteiger partial charge is 0.294 e. The molecule has 0 aliphatic carbocycles. The number of Topliss-reactive ketones (excluding diaryl/α,β-unsaturated/α-hetero) is 1. The van der Waals surface area contributed by atoms with Gasteiger partial charge in [-0.2, -0.15) is 0 Å². The van der Waals surface area contributed by atoms with Crippen LogP contribution in [-0.2, 0) is 6.42 Å². The van der Waals surface area contributed by atoms with Crippen molar-refractivity contribution in [1.82, 2.24) is 0 Å². The van der Waals surface area contributed by atoms with Crippen molar-refractivity contribution in [1.29, 1.82) is 0 Å². The van der Waals surface area contributed by atoms with Crippen LogP contribution in [0.2, 0.25) is 0 Å². The van der Waals surface area contributed by atoms with Crippen molar-refractivity contribution in [3.05, 3.63) is 82.1 Å². The fourth-order valence-electron chi connectivity index (χ4n) is 2.34. The highest BCUT2D eigenvalue weighted by molar-refractivity contribution is 9.10. The van der Waals surface area contributed by atoms with Gasteiger partial charge in [-0.25, -0.2) is 4.39 Å². The van der Waals surface area contributed by atoms with E-state index >= 15 is 0 Å². The van der Waals surface area contributed by atoms with Crippen molar-refractivity contribution in [2.24, 2.45) is 0 Å². The molecule has 0 N–H and O–H groups in total.